The minimum absolute atomic E-state index is 0.139. The highest BCUT2D eigenvalue weighted by molar-refractivity contribution is 8.00. The Balaban J connectivity index is 1.69. The van der Waals surface area contributed by atoms with Gasteiger partial charge in [0.2, 0.25) is 5.91 Å². The van der Waals surface area contributed by atoms with Crippen molar-refractivity contribution < 1.29 is 24.2 Å². The smallest absolute Gasteiger partial charge is 0.356 e. The molecule has 1 fully saturated rings. The molecule has 0 aromatic heterocycles. The molecule has 2 atom stereocenters. The molecule has 0 saturated carbocycles. The Morgan fingerprint density at radius 2 is 2.08 bits per heavy atom. The maximum absolute atomic E-state index is 12.3. The molecular weight excluding hydrogens is 332 g/mol. The van der Waals surface area contributed by atoms with Crippen molar-refractivity contribution in [2.75, 3.05) is 12.9 Å². The van der Waals surface area contributed by atoms with Crippen molar-refractivity contribution in [2.24, 2.45) is 0 Å². The molecule has 0 unspecified atom stereocenters. The van der Waals surface area contributed by atoms with Gasteiger partial charge in [0.25, 0.3) is 5.91 Å². The van der Waals surface area contributed by atoms with E-state index in [9.17, 15) is 19.5 Å². The molecule has 0 aliphatic carbocycles. The summed E-state index contributed by atoms with van der Waals surface area (Å²) in [6, 6.07) is 8.50. The molecule has 3 rings (SSSR count). The van der Waals surface area contributed by atoms with Crippen LogP contribution < -0.4 is 5.32 Å². The fourth-order valence-electron chi connectivity index (χ4n) is 2.75. The summed E-state index contributed by atoms with van der Waals surface area (Å²) in [5, 5.41) is 11.6. The Bertz CT molecular complexity index is 718. The van der Waals surface area contributed by atoms with Crippen LogP contribution in [0.15, 0.2) is 41.8 Å². The second-order valence-corrected chi connectivity index (χ2v) is 6.50. The summed E-state index contributed by atoms with van der Waals surface area (Å²) in [5.74, 6) is -1.30. The minimum atomic E-state index is -1.21. The molecule has 0 bridgehead atoms. The standard InChI is InChI=1S/C16H16N2O5S/c1-23-10-8-24-15-12(14(20)18(15)13(10)16(21)22)17-11(19)7-9-5-3-2-4-6-9/h2-6,12,15H,7-8H2,1H3,(H,17,19)(H,21,22)/t12-,15-/m1/s1. The van der Waals surface area contributed by atoms with Crippen LogP contribution in [0.2, 0.25) is 0 Å². The van der Waals surface area contributed by atoms with Crippen LogP contribution in [0.25, 0.3) is 0 Å². The number of carbonyl (C=O) groups is 3. The van der Waals surface area contributed by atoms with E-state index in [-0.39, 0.29) is 23.8 Å². The Kier molecular flexibility index (Phi) is 4.48. The van der Waals surface area contributed by atoms with E-state index in [0.29, 0.717) is 5.75 Å². The fraction of sp³-hybridized carbons (Fsp3) is 0.312. The van der Waals surface area contributed by atoms with Crippen LogP contribution in [0.5, 0.6) is 0 Å². The van der Waals surface area contributed by atoms with Crippen molar-refractivity contribution in [2.45, 2.75) is 17.8 Å². The van der Waals surface area contributed by atoms with Gasteiger partial charge in [-0.05, 0) is 5.56 Å². The van der Waals surface area contributed by atoms with Gasteiger partial charge in [0, 0.05) is 0 Å². The molecule has 2 heterocycles. The van der Waals surface area contributed by atoms with Crippen molar-refractivity contribution in [3.63, 3.8) is 0 Å². The molecule has 24 heavy (non-hydrogen) atoms. The zero-order valence-electron chi connectivity index (χ0n) is 12.9. The van der Waals surface area contributed by atoms with E-state index in [1.165, 1.54) is 23.8 Å². The second kappa shape index (κ2) is 6.56. The average Bonchev–Trinajstić information content (AvgIpc) is 2.58. The lowest BCUT2D eigenvalue weighted by Crippen LogP contribution is -2.70. The zero-order chi connectivity index (χ0) is 17.3. The number of nitrogens with one attached hydrogen (secondary N) is 1. The third kappa shape index (κ3) is 2.84. The van der Waals surface area contributed by atoms with Crippen molar-refractivity contribution >= 4 is 29.5 Å². The highest BCUT2D eigenvalue weighted by atomic mass is 32.2. The summed E-state index contributed by atoms with van der Waals surface area (Å²) in [6.45, 7) is 0. The van der Waals surface area contributed by atoms with E-state index in [0.717, 1.165) is 5.56 Å². The number of methoxy groups -OCH3 is 1. The second-order valence-electron chi connectivity index (χ2n) is 5.40. The molecule has 7 nitrogen and oxygen atoms in total. The lowest BCUT2D eigenvalue weighted by Gasteiger charge is -2.48. The van der Waals surface area contributed by atoms with E-state index in [1.807, 2.05) is 30.3 Å². The molecule has 1 aromatic carbocycles. The highest BCUT2D eigenvalue weighted by Crippen LogP contribution is 2.40. The van der Waals surface area contributed by atoms with E-state index in [1.54, 1.807) is 0 Å². The first-order valence-corrected chi connectivity index (χ1v) is 8.36. The quantitative estimate of drug-likeness (QED) is 0.756. The van der Waals surface area contributed by atoms with E-state index < -0.39 is 23.3 Å². The van der Waals surface area contributed by atoms with Crippen molar-refractivity contribution in [3.05, 3.63) is 47.4 Å². The molecule has 2 aliphatic rings. The number of fused-ring (bicyclic) bond motifs is 1. The number of thioether (sulfide) groups is 1. The lowest BCUT2D eigenvalue weighted by molar-refractivity contribution is -0.151. The van der Waals surface area contributed by atoms with Gasteiger partial charge in [-0.15, -0.1) is 11.8 Å². The van der Waals surface area contributed by atoms with Gasteiger partial charge >= 0.3 is 5.97 Å². The Morgan fingerprint density at radius 1 is 1.38 bits per heavy atom. The lowest BCUT2D eigenvalue weighted by atomic mass is 10.0. The predicted molar refractivity (Wildman–Crippen MR) is 86.8 cm³/mol. The number of rotatable bonds is 5. The Hall–Kier alpha value is -2.48. The number of hydrogen-bond donors (Lipinski definition) is 2. The normalized spacial score (nSPS) is 22.5. The van der Waals surface area contributed by atoms with Gasteiger partial charge in [0.15, 0.2) is 5.70 Å². The Labute approximate surface area is 142 Å². The number of carbonyl (C=O) groups excluding carboxylic acids is 2. The summed E-state index contributed by atoms with van der Waals surface area (Å²) in [4.78, 5) is 37.0. The van der Waals surface area contributed by atoms with E-state index in [2.05, 4.69) is 5.32 Å². The summed E-state index contributed by atoms with van der Waals surface area (Å²) in [7, 11) is 1.38. The topological polar surface area (TPSA) is 95.9 Å². The molecule has 2 aliphatic heterocycles. The summed E-state index contributed by atoms with van der Waals surface area (Å²) >= 11 is 1.37. The molecule has 2 N–H and O–H groups in total. The molecule has 2 amide bonds. The van der Waals surface area contributed by atoms with Crippen LogP contribution in [0, 0.1) is 0 Å². The average molecular weight is 348 g/mol. The van der Waals surface area contributed by atoms with Crippen molar-refractivity contribution in [1.29, 1.82) is 0 Å². The number of hydrogen-bond acceptors (Lipinski definition) is 5. The van der Waals surface area contributed by atoms with Gasteiger partial charge in [0.1, 0.15) is 17.2 Å². The van der Waals surface area contributed by atoms with E-state index in [4.69, 9.17) is 4.74 Å². The number of nitrogens with zero attached hydrogens (tertiary/aromatic N) is 1. The largest absolute Gasteiger partial charge is 0.498 e. The molecule has 0 spiro atoms. The maximum atomic E-state index is 12.3. The molecular formula is C16H16N2O5S. The van der Waals surface area contributed by atoms with Gasteiger partial charge in [-0.3, -0.25) is 14.5 Å². The third-order valence-electron chi connectivity index (χ3n) is 3.91. The van der Waals surface area contributed by atoms with Crippen LogP contribution in [-0.4, -0.2) is 52.1 Å². The number of carboxylic acid groups (broad SMARTS) is 1. The van der Waals surface area contributed by atoms with E-state index >= 15 is 0 Å². The molecule has 8 heteroatoms. The fourth-order valence-corrected chi connectivity index (χ4v) is 4.06. The van der Waals surface area contributed by atoms with Crippen molar-refractivity contribution in [1.82, 2.24) is 10.2 Å². The first kappa shape index (κ1) is 16.4. The zero-order valence-corrected chi connectivity index (χ0v) is 13.7. The number of amides is 2. The van der Waals surface area contributed by atoms with Gasteiger partial charge in [-0.2, -0.15) is 0 Å². The molecule has 1 aromatic rings. The summed E-state index contributed by atoms with van der Waals surface area (Å²) in [5.41, 5.74) is 0.711. The van der Waals surface area contributed by atoms with Crippen LogP contribution in [-0.2, 0) is 25.5 Å². The van der Waals surface area contributed by atoms with Gasteiger partial charge in [-0.1, -0.05) is 30.3 Å². The van der Waals surface area contributed by atoms with Gasteiger partial charge in [0.05, 0.1) is 19.3 Å². The van der Waals surface area contributed by atoms with Crippen LogP contribution in [0.3, 0.4) is 0 Å². The molecule has 126 valence electrons. The highest BCUT2D eigenvalue weighted by Gasteiger charge is 2.54. The number of β-lactam (4-membered cyclic amide) rings is 1. The van der Waals surface area contributed by atoms with Crippen LogP contribution >= 0.6 is 11.8 Å². The van der Waals surface area contributed by atoms with Gasteiger partial charge < -0.3 is 15.2 Å². The predicted octanol–water partition coefficient (Wildman–Crippen LogP) is 0.572. The number of benzene rings is 1. The van der Waals surface area contributed by atoms with Gasteiger partial charge in [-0.25, -0.2) is 4.79 Å². The molecule has 1 saturated heterocycles. The number of ether oxygens (including phenoxy) is 1. The summed E-state index contributed by atoms with van der Waals surface area (Å²) in [6.07, 6.45) is 0.174. The minimum Gasteiger partial charge on any atom is -0.498 e. The number of aliphatic carboxylic acids is 1. The van der Waals surface area contributed by atoms with Crippen LogP contribution in [0.1, 0.15) is 5.56 Å². The maximum Gasteiger partial charge on any atom is 0.356 e. The first-order valence-electron chi connectivity index (χ1n) is 7.31. The molecule has 0 radical (unpaired) electrons. The van der Waals surface area contributed by atoms with Crippen molar-refractivity contribution in [3.8, 4) is 0 Å². The summed E-state index contributed by atoms with van der Waals surface area (Å²) < 4.78 is 5.06. The number of carboxylic acids is 1. The Morgan fingerprint density at radius 3 is 2.71 bits per heavy atom. The SMILES string of the molecule is COC1=C(C(=O)O)N2C(=O)[C@@H](NC(=O)Cc3ccccc3)[C@H]2SC1. The van der Waals surface area contributed by atoms with Crippen LogP contribution in [0.4, 0.5) is 0 Å². The third-order valence-corrected chi connectivity index (χ3v) is 5.16. The first-order chi connectivity index (χ1) is 11.5. The monoisotopic (exact) mass is 348 g/mol.